The molecule has 138 valence electrons. The van der Waals surface area contributed by atoms with Gasteiger partial charge < -0.3 is 10.1 Å². The summed E-state index contributed by atoms with van der Waals surface area (Å²) in [7, 11) is 1.64. The molecule has 7 heteroatoms. The maximum absolute atomic E-state index is 12.4. The molecule has 1 amide bonds. The van der Waals surface area contributed by atoms with Crippen molar-refractivity contribution in [2.24, 2.45) is 0 Å². The second-order valence-electron chi connectivity index (χ2n) is 6.46. The lowest BCUT2D eigenvalue weighted by atomic mass is 9.96. The summed E-state index contributed by atoms with van der Waals surface area (Å²) in [5.74, 6) is 0.601. The highest BCUT2D eigenvalue weighted by Crippen LogP contribution is 2.25. The Morgan fingerprint density at radius 3 is 2.81 bits per heavy atom. The molecule has 2 aromatic heterocycles. The van der Waals surface area contributed by atoms with E-state index >= 15 is 0 Å². The molecule has 0 fully saturated rings. The Kier molecular flexibility index (Phi) is 5.11. The summed E-state index contributed by atoms with van der Waals surface area (Å²) < 4.78 is 5.18. The van der Waals surface area contributed by atoms with E-state index in [-0.39, 0.29) is 5.91 Å². The minimum Gasteiger partial charge on any atom is -0.497 e. The van der Waals surface area contributed by atoms with Crippen LogP contribution in [0.4, 0.5) is 0 Å². The van der Waals surface area contributed by atoms with Crippen LogP contribution in [0.5, 0.6) is 5.75 Å². The van der Waals surface area contributed by atoms with Gasteiger partial charge in [-0.15, -0.1) is 16.4 Å². The highest BCUT2D eigenvalue weighted by molar-refractivity contribution is 7.13. The zero-order valence-corrected chi connectivity index (χ0v) is 15.9. The first-order valence-electron chi connectivity index (χ1n) is 8.95. The van der Waals surface area contributed by atoms with Crippen LogP contribution in [-0.2, 0) is 19.4 Å². The van der Waals surface area contributed by atoms with Crippen LogP contribution >= 0.6 is 11.3 Å². The van der Waals surface area contributed by atoms with Crippen LogP contribution in [0.3, 0.4) is 0 Å². The first-order valence-corrected chi connectivity index (χ1v) is 9.83. The molecule has 27 heavy (non-hydrogen) atoms. The molecule has 0 saturated carbocycles. The molecule has 6 nitrogen and oxygen atoms in total. The number of rotatable bonds is 5. The van der Waals surface area contributed by atoms with E-state index < -0.39 is 0 Å². The third-order valence-corrected chi connectivity index (χ3v) is 5.56. The molecular weight excluding hydrogens is 360 g/mol. The van der Waals surface area contributed by atoms with E-state index in [0.29, 0.717) is 12.2 Å². The number of aromatic nitrogens is 3. The van der Waals surface area contributed by atoms with Crippen LogP contribution in [0.25, 0.3) is 10.6 Å². The summed E-state index contributed by atoms with van der Waals surface area (Å²) in [5.41, 5.74) is 4.41. The lowest BCUT2D eigenvalue weighted by molar-refractivity contribution is 0.0944. The number of fused-ring (bicyclic) bond motifs is 1. The number of thiazole rings is 1. The number of ether oxygens (including phenoxy) is 1. The number of methoxy groups -OCH3 is 1. The third-order valence-electron chi connectivity index (χ3n) is 4.62. The molecule has 0 spiro atoms. The topological polar surface area (TPSA) is 77.0 Å². The number of carbonyl (C=O) groups is 1. The van der Waals surface area contributed by atoms with Gasteiger partial charge in [0, 0.05) is 10.9 Å². The Morgan fingerprint density at radius 2 is 2.00 bits per heavy atom. The van der Waals surface area contributed by atoms with Crippen LogP contribution in [0, 0.1) is 0 Å². The van der Waals surface area contributed by atoms with Crippen molar-refractivity contribution in [2.45, 2.75) is 32.2 Å². The van der Waals surface area contributed by atoms with E-state index in [1.54, 1.807) is 18.4 Å². The fourth-order valence-corrected chi connectivity index (χ4v) is 3.94. The first kappa shape index (κ1) is 17.6. The molecule has 0 bridgehead atoms. The highest BCUT2D eigenvalue weighted by atomic mass is 32.1. The zero-order chi connectivity index (χ0) is 18.6. The Balaban J connectivity index is 1.40. The van der Waals surface area contributed by atoms with Gasteiger partial charge in [-0.2, -0.15) is 5.10 Å². The van der Waals surface area contributed by atoms with Crippen molar-refractivity contribution < 1.29 is 9.53 Å². The van der Waals surface area contributed by atoms with E-state index in [4.69, 9.17) is 4.74 Å². The fraction of sp³-hybridized carbons (Fsp3) is 0.300. The van der Waals surface area contributed by atoms with E-state index in [2.05, 4.69) is 20.5 Å². The molecule has 1 N–H and O–H groups in total. The van der Waals surface area contributed by atoms with Crippen LogP contribution in [0.1, 0.15) is 40.3 Å². The lowest BCUT2D eigenvalue weighted by Crippen LogP contribution is -2.25. The van der Waals surface area contributed by atoms with E-state index in [1.807, 2.05) is 35.7 Å². The van der Waals surface area contributed by atoms with Gasteiger partial charge in [-0.3, -0.25) is 4.79 Å². The maximum atomic E-state index is 12.4. The number of hydrogen-bond donors (Lipinski definition) is 1. The number of carbonyl (C=O) groups excluding carboxylic acids is 1. The lowest BCUT2D eigenvalue weighted by Gasteiger charge is -2.14. The fourth-order valence-electron chi connectivity index (χ4n) is 3.12. The summed E-state index contributed by atoms with van der Waals surface area (Å²) in [5, 5.41) is 14.1. The molecule has 0 atom stereocenters. The molecule has 1 aliphatic carbocycles. The van der Waals surface area contributed by atoms with Crippen LogP contribution in [0.15, 0.2) is 35.7 Å². The van der Waals surface area contributed by atoms with Crippen LogP contribution in [0.2, 0.25) is 0 Å². The second kappa shape index (κ2) is 7.84. The predicted octanol–water partition coefficient (Wildman–Crippen LogP) is 3.42. The molecule has 0 unspecified atom stereocenters. The molecular formula is C20H20N4O2S. The van der Waals surface area contributed by atoms with Crippen molar-refractivity contribution in [3.63, 3.8) is 0 Å². The summed E-state index contributed by atoms with van der Waals surface area (Å²) in [6, 6.07) is 9.64. The van der Waals surface area contributed by atoms with Crippen molar-refractivity contribution in [1.29, 1.82) is 0 Å². The maximum Gasteiger partial charge on any atom is 0.272 e. The monoisotopic (exact) mass is 380 g/mol. The van der Waals surface area contributed by atoms with Gasteiger partial charge in [0.05, 0.1) is 25.0 Å². The van der Waals surface area contributed by atoms with Crippen molar-refractivity contribution >= 4 is 17.2 Å². The molecule has 4 rings (SSSR count). The smallest absolute Gasteiger partial charge is 0.272 e. The zero-order valence-electron chi connectivity index (χ0n) is 15.1. The van der Waals surface area contributed by atoms with Gasteiger partial charge in [0.15, 0.2) is 5.69 Å². The number of amides is 1. The van der Waals surface area contributed by atoms with Gasteiger partial charge in [0.1, 0.15) is 10.8 Å². The quantitative estimate of drug-likeness (QED) is 0.734. The molecule has 0 radical (unpaired) electrons. The number of nitrogens with one attached hydrogen (secondary N) is 1. The normalized spacial score (nSPS) is 13.1. The first-order chi connectivity index (χ1) is 13.2. The molecule has 0 saturated heterocycles. The minimum absolute atomic E-state index is 0.213. The van der Waals surface area contributed by atoms with Crippen molar-refractivity contribution in [3.8, 4) is 16.3 Å². The molecule has 1 aliphatic rings. The minimum atomic E-state index is -0.213. The third kappa shape index (κ3) is 3.98. The second-order valence-corrected chi connectivity index (χ2v) is 7.32. The van der Waals surface area contributed by atoms with Gasteiger partial charge in [-0.25, -0.2) is 4.98 Å². The van der Waals surface area contributed by atoms with Gasteiger partial charge in [0.2, 0.25) is 0 Å². The Bertz CT molecular complexity index is 953. The predicted molar refractivity (Wildman–Crippen MR) is 104 cm³/mol. The molecule has 0 aliphatic heterocycles. The average Bonchev–Trinajstić information content (AvgIpc) is 3.21. The number of aryl methyl sites for hydroxylation is 2. The number of hydrogen-bond acceptors (Lipinski definition) is 6. The summed E-state index contributed by atoms with van der Waals surface area (Å²) >= 11 is 1.55. The van der Waals surface area contributed by atoms with Gasteiger partial charge in [0.25, 0.3) is 5.91 Å². The van der Waals surface area contributed by atoms with Crippen molar-refractivity contribution in [1.82, 2.24) is 20.5 Å². The number of benzene rings is 1. The largest absolute Gasteiger partial charge is 0.497 e. The SMILES string of the molecule is COc1ccc(-c2nc(CNC(=O)c3cc4c(nn3)CCCC4)cs2)cc1. The number of nitrogens with zero attached hydrogens (tertiary/aromatic N) is 3. The van der Waals surface area contributed by atoms with E-state index in [9.17, 15) is 4.79 Å². The van der Waals surface area contributed by atoms with Crippen LogP contribution in [-0.4, -0.2) is 28.2 Å². The van der Waals surface area contributed by atoms with E-state index in [1.165, 1.54) is 0 Å². The Hall–Kier alpha value is -2.80. The molecule has 1 aromatic carbocycles. The molecule has 3 aromatic rings. The standard InChI is InChI=1S/C20H20N4O2S/c1-26-16-8-6-13(7-9-16)20-22-15(12-27-20)11-21-19(25)18-10-14-4-2-3-5-17(14)23-24-18/h6-10,12H,2-5,11H2,1H3,(H,21,25). The Morgan fingerprint density at radius 1 is 1.19 bits per heavy atom. The summed E-state index contributed by atoms with van der Waals surface area (Å²) in [4.78, 5) is 17.0. The highest BCUT2D eigenvalue weighted by Gasteiger charge is 2.16. The van der Waals surface area contributed by atoms with Crippen molar-refractivity contribution in [2.75, 3.05) is 7.11 Å². The average molecular weight is 380 g/mol. The van der Waals surface area contributed by atoms with Gasteiger partial charge in [-0.05, 0) is 61.6 Å². The summed E-state index contributed by atoms with van der Waals surface area (Å²) in [6.07, 6.45) is 4.22. The Labute approximate surface area is 161 Å². The van der Waals surface area contributed by atoms with Gasteiger partial charge in [-0.1, -0.05) is 0 Å². The van der Waals surface area contributed by atoms with Crippen LogP contribution < -0.4 is 10.1 Å². The molecule has 2 heterocycles. The van der Waals surface area contributed by atoms with E-state index in [0.717, 1.165) is 59.0 Å². The van der Waals surface area contributed by atoms with Crippen molar-refractivity contribution in [3.05, 3.63) is 58.4 Å². The summed E-state index contributed by atoms with van der Waals surface area (Å²) in [6.45, 7) is 0.365. The van der Waals surface area contributed by atoms with Gasteiger partial charge >= 0.3 is 0 Å².